The number of alkyl halides is 2. The first-order valence-corrected chi connectivity index (χ1v) is 11.7. The van der Waals surface area contributed by atoms with Crippen LogP contribution in [-0.2, 0) is 10.7 Å². The minimum absolute atomic E-state index is 0.0297. The molecule has 1 aliphatic heterocycles. The van der Waals surface area contributed by atoms with Gasteiger partial charge in [0.2, 0.25) is 11.7 Å². The molecule has 202 valence electrons. The van der Waals surface area contributed by atoms with E-state index in [0.717, 1.165) is 25.5 Å². The molecule has 12 heteroatoms. The van der Waals surface area contributed by atoms with Crippen LogP contribution in [-0.4, -0.2) is 39.6 Å². The summed E-state index contributed by atoms with van der Waals surface area (Å²) in [7, 11) is 0. The zero-order valence-corrected chi connectivity index (χ0v) is 21.2. The van der Waals surface area contributed by atoms with Crippen molar-refractivity contribution in [2.45, 2.75) is 44.8 Å². The van der Waals surface area contributed by atoms with Gasteiger partial charge in [0.1, 0.15) is 17.0 Å². The van der Waals surface area contributed by atoms with Crippen molar-refractivity contribution < 1.29 is 28.1 Å². The number of benzene rings is 1. The molecule has 0 aliphatic carbocycles. The molecule has 0 fully saturated rings. The third kappa shape index (κ3) is 5.68. The highest BCUT2D eigenvalue weighted by atomic mass is 19.3. The van der Waals surface area contributed by atoms with E-state index in [4.69, 9.17) is 17.9 Å². The van der Waals surface area contributed by atoms with Crippen molar-refractivity contribution in [3.8, 4) is 12.3 Å². The molecule has 1 aliphatic rings. The number of aliphatic hydroxyl groups is 1. The van der Waals surface area contributed by atoms with Gasteiger partial charge < -0.3 is 21.5 Å². The van der Waals surface area contributed by atoms with Gasteiger partial charge in [-0.25, -0.2) is 19.2 Å². The molecule has 0 unspecified atom stereocenters. The number of allylic oxidation sites excluding steroid dienone is 1. The van der Waals surface area contributed by atoms with Crippen LogP contribution in [0.2, 0.25) is 0 Å². The number of rotatable bonds is 7. The van der Waals surface area contributed by atoms with Crippen molar-refractivity contribution in [1.82, 2.24) is 9.88 Å². The lowest BCUT2D eigenvalue weighted by Gasteiger charge is -2.30. The first kappa shape index (κ1) is 28.3. The second kappa shape index (κ2) is 10.6. The van der Waals surface area contributed by atoms with Crippen LogP contribution in [0.15, 0.2) is 40.3 Å². The van der Waals surface area contributed by atoms with Gasteiger partial charge in [0.15, 0.2) is 11.9 Å². The van der Waals surface area contributed by atoms with Crippen LogP contribution in [0.3, 0.4) is 0 Å². The van der Waals surface area contributed by atoms with Crippen LogP contribution >= 0.6 is 0 Å². The van der Waals surface area contributed by atoms with Gasteiger partial charge in [-0.3, -0.25) is 10.1 Å². The number of hydrogen-bond acceptors (Lipinski definition) is 6. The van der Waals surface area contributed by atoms with Gasteiger partial charge >= 0.3 is 11.6 Å². The van der Waals surface area contributed by atoms with Crippen molar-refractivity contribution in [2.75, 3.05) is 24.1 Å². The van der Waals surface area contributed by atoms with Crippen molar-refractivity contribution in [3.05, 3.63) is 68.5 Å². The number of anilines is 2. The molecule has 0 radical (unpaired) electrons. The highest BCUT2D eigenvalue weighted by Crippen LogP contribution is 2.41. The number of nitrogens with zero attached hydrogens (tertiary/aromatic N) is 1. The van der Waals surface area contributed by atoms with Gasteiger partial charge in [0.25, 0.3) is 0 Å². The molecule has 2 aromatic rings. The van der Waals surface area contributed by atoms with Crippen molar-refractivity contribution in [3.63, 3.8) is 0 Å². The Morgan fingerprint density at radius 2 is 2.08 bits per heavy atom. The topological polar surface area (TPSA) is 152 Å². The average Bonchev–Trinajstić information content (AvgIpc) is 2.84. The summed E-state index contributed by atoms with van der Waals surface area (Å²) in [5, 5.41) is 12.7. The summed E-state index contributed by atoms with van der Waals surface area (Å²) in [6, 6.07) is 1.94. The lowest BCUT2D eigenvalue weighted by Crippen LogP contribution is -2.41. The fourth-order valence-corrected chi connectivity index (χ4v) is 3.96. The predicted molar refractivity (Wildman–Crippen MR) is 137 cm³/mol. The Kier molecular flexibility index (Phi) is 7.92. The zero-order valence-electron chi connectivity index (χ0n) is 21.2. The lowest BCUT2D eigenvalue weighted by atomic mass is 9.90. The van der Waals surface area contributed by atoms with Crippen LogP contribution in [0.1, 0.15) is 49.9 Å². The van der Waals surface area contributed by atoms with Gasteiger partial charge in [0.05, 0.1) is 5.56 Å². The summed E-state index contributed by atoms with van der Waals surface area (Å²) in [5.74, 6) is -3.13. The van der Waals surface area contributed by atoms with E-state index >= 15 is 4.39 Å². The molecule has 0 saturated carbocycles. The summed E-state index contributed by atoms with van der Waals surface area (Å²) in [5.41, 5.74) is 8.94. The number of amides is 1. The second-order valence-corrected chi connectivity index (χ2v) is 9.41. The number of halogens is 3. The fraction of sp³-hybridized carbons (Fsp3) is 0.346. The number of nitrogens with one attached hydrogen (secondary N) is 3. The Bertz CT molecular complexity index is 1400. The number of aromatic amines is 2. The van der Waals surface area contributed by atoms with E-state index in [2.05, 4.69) is 21.2 Å². The fourth-order valence-electron chi connectivity index (χ4n) is 3.96. The molecule has 9 nitrogen and oxygen atoms in total. The lowest BCUT2D eigenvalue weighted by molar-refractivity contribution is -0.386. The normalized spacial score (nSPS) is 15.5. The van der Waals surface area contributed by atoms with Gasteiger partial charge in [-0.1, -0.05) is 24.1 Å². The van der Waals surface area contributed by atoms with E-state index in [-0.39, 0.29) is 28.7 Å². The monoisotopic (exact) mass is 531 g/mol. The molecule has 8 N–H and O–H groups in total. The molecular formula is C26H30F3N6O3+. The number of nitrogens with two attached hydrogens (primary N) is 2. The smallest absolute Gasteiger partial charge is 0.398 e. The molecule has 0 bridgehead atoms. The summed E-state index contributed by atoms with van der Waals surface area (Å²) >= 11 is 0. The number of H-pyrrole nitrogens is 2. The zero-order chi connectivity index (χ0) is 28.4. The van der Waals surface area contributed by atoms with Crippen LogP contribution < -0.4 is 27.5 Å². The van der Waals surface area contributed by atoms with Gasteiger partial charge in [0, 0.05) is 31.3 Å². The second-order valence-electron chi connectivity index (χ2n) is 9.41. The first-order chi connectivity index (χ1) is 17.7. The maximum Gasteiger partial charge on any atom is 0.440 e. The van der Waals surface area contributed by atoms with Gasteiger partial charge in [-0.2, -0.15) is 8.78 Å². The minimum Gasteiger partial charge on any atom is -0.398 e. The molecule has 1 aromatic carbocycles. The molecule has 0 saturated heterocycles. The molecular weight excluding hydrogens is 501 g/mol. The summed E-state index contributed by atoms with van der Waals surface area (Å²) in [6.07, 6.45) is 9.37. The number of terminal acetylenes is 1. The van der Waals surface area contributed by atoms with Crippen LogP contribution in [0, 0.1) is 18.2 Å². The molecule has 0 spiro atoms. The van der Waals surface area contributed by atoms with E-state index in [1.807, 2.05) is 0 Å². The number of hydrogen-bond donors (Lipinski definition) is 5. The summed E-state index contributed by atoms with van der Waals surface area (Å²) < 4.78 is 44.9. The SMILES string of the molecule is C#C[C@@H](Nc1[nH+]c(=O)[nH]c(N)c1/C=C(\N)C1=CCN(C(C)=O)CC1)c1cccc(C(F)(F)C(C)(C)O)c1F. The molecule has 38 heavy (non-hydrogen) atoms. The highest BCUT2D eigenvalue weighted by molar-refractivity contribution is 5.75. The molecule has 1 aromatic heterocycles. The van der Waals surface area contributed by atoms with Crippen molar-refractivity contribution >= 4 is 23.6 Å². The van der Waals surface area contributed by atoms with Crippen LogP contribution in [0.25, 0.3) is 6.08 Å². The average molecular weight is 532 g/mol. The number of nitrogen functional groups attached to an aromatic ring is 1. The maximum absolute atomic E-state index is 15.3. The van der Waals surface area contributed by atoms with E-state index in [9.17, 15) is 23.5 Å². The summed E-state index contributed by atoms with van der Waals surface area (Å²) in [4.78, 5) is 30.2. The Hall–Kier alpha value is -4.24. The van der Waals surface area contributed by atoms with Gasteiger partial charge in [-0.05, 0) is 38.0 Å². The Balaban J connectivity index is 2.02. The van der Waals surface area contributed by atoms with Gasteiger partial charge in [-0.15, -0.1) is 6.42 Å². The predicted octanol–water partition coefficient (Wildman–Crippen LogP) is 2.04. The van der Waals surface area contributed by atoms with E-state index < -0.39 is 34.6 Å². The molecule has 1 atom stereocenters. The Morgan fingerprint density at radius 3 is 2.63 bits per heavy atom. The maximum atomic E-state index is 15.3. The van der Waals surface area contributed by atoms with Crippen LogP contribution in [0.4, 0.5) is 24.8 Å². The number of carbonyl (C=O) groups excluding carboxylic acids is 1. The minimum atomic E-state index is -3.93. The van der Waals surface area contributed by atoms with Crippen molar-refractivity contribution in [1.29, 1.82) is 0 Å². The van der Waals surface area contributed by atoms with Crippen LogP contribution in [0.5, 0.6) is 0 Å². The third-order valence-electron chi connectivity index (χ3n) is 6.27. The van der Waals surface area contributed by atoms with Crippen molar-refractivity contribution in [2.24, 2.45) is 5.73 Å². The Morgan fingerprint density at radius 1 is 1.39 bits per heavy atom. The van der Waals surface area contributed by atoms with E-state index in [1.165, 1.54) is 25.1 Å². The summed E-state index contributed by atoms with van der Waals surface area (Å²) in [6.45, 7) is 4.05. The standard InChI is InChI=1S/C26H29F3N6O3/c1-5-20(16-7-6-8-18(21(16)27)26(28,29)25(3,4)38)32-23-17(22(31)33-24(37)34-23)13-19(30)15-9-11-35(12-10-15)14(2)36/h1,6-9,13,20,38H,10-12,30H2,2-4H3,(H4,31,32,33,34,37)/p+1/b19-13-/t20-/m1/s1. The number of aromatic nitrogens is 2. The quantitative estimate of drug-likeness (QED) is 0.345. The molecule has 2 heterocycles. The third-order valence-corrected chi connectivity index (χ3v) is 6.27. The number of carbonyl (C=O) groups is 1. The molecule has 1 amide bonds. The molecule has 3 rings (SSSR count). The first-order valence-electron chi connectivity index (χ1n) is 11.7. The Labute approximate surface area is 217 Å². The van der Waals surface area contributed by atoms with E-state index in [0.29, 0.717) is 25.2 Å². The highest BCUT2D eigenvalue weighted by Gasteiger charge is 2.49. The largest absolute Gasteiger partial charge is 0.440 e. The van der Waals surface area contributed by atoms with E-state index in [1.54, 1.807) is 11.0 Å².